The number of rotatable bonds is 11. The Labute approximate surface area is 272 Å². The summed E-state index contributed by atoms with van der Waals surface area (Å²) in [5.41, 5.74) is -0.169. The van der Waals surface area contributed by atoms with Gasteiger partial charge in [-0.15, -0.1) is 11.3 Å². The molecular formula is C35H37N5O5S. The summed E-state index contributed by atoms with van der Waals surface area (Å²) in [6.45, 7) is 8.54. The van der Waals surface area contributed by atoms with E-state index in [-0.39, 0.29) is 17.3 Å². The van der Waals surface area contributed by atoms with Gasteiger partial charge in [0.25, 0.3) is 5.91 Å². The molecule has 46 heavy (non-hydrogen) atoms. The van der Waals surface area contributed by atoms with E-state index < -0.39 is 34.7 Å². The average molecular weight is 640 g/mol. The largest absolute Gasteiger partial charge is 0.457 e. The molecule has 0 spiro atoms. The molecule has 1 aromatic heterocycles. The number of oxime groups is 1. The lowest BCUT2D eigenvalue weighted by molar-refractivity contribution is -0.179. The molecule has 238 valence electrons. The zero-order valence-corrected chi connectivity index (χ0v) is 27.2. The topological polar surface area (TPSA) is 131 Å². The Hall–Kier alpha value is -5.03. The van der Waals surface area contributed by atoms with Crippen LogP contribution in [0.15, 0.2) is 102 Å². The van der Waals surface area contributed by atoms with Gasteiger partial charge in [0.1, 0.15) is 22.9 Å². The van der Waals surface area contributed by atoms with Crippen molar-refractivity contribution in [1.29, 1.82) is 0 Å². The number of carbonyl (C=O) groups is 3. The number of amides is 2. The molecule has 1 atom stereocenters. The molecule has 0 radical (unpaired) electrons. The maximum Gasteiger partial charge on any atom is 0.353 e. The number of thiazole rings is 1. The van der Waals surface area contributed by atoms with Crippen molar-refractivity contribution in [3.05, 3.63) is 119 Å². The van der Waals surface area contributed by atoms with Crippen LogP contribution in [0.25, 0.3) is 0 Å². The van der Waals surface area contributed by atoms with Crippen molar-refractivity contribution in [2.75, 3.05) is 11.9 Å². The molecular weight excluding hydrogens is 602 g/mol. The van der Waals surface area contributed by atoms with Gasteiger partial charge in [0, 0.05) is 11.9 Å². The van der Waals surface area contributed by atoms with E-state index in [1.54, 1.807) is 26.2 Å². The van der Waals surface area contributed by atoms with Gasteiger partial charge >= 0.3 is 5.97 Å². The molecule has 0 bridgehead atoms. The molecule has 11 heteroatoms. The van der Waals surface area contributed by atoms with Crippen LogP contribution >= 0.6 is 11.3 Å². The van der Waals surface area contributed by atoms with Crippen LogP contribution in [0.1, 0.15) is 57.0 Å². The molecule has 1 fully saturated rings. The zero-order chi connectivity index (χ0) is 33.0. The van der Waals surface area contributed by atoms with Crippen LogP contribution in [0.5, 0.6) is 0 Å². The molecule has 2 heterocycles. The first-order valence-corrected chi connectivity index (χ1v) is 15.8. The number of esters is 1. The molecule has 0 aliphatic carbocycles. The highest BCUT2D eigenvalue weighted by Crippen LogP contribution is 2.40. The smallest absolute Gasteiger partial charge is 0.353 e. The highest BCUT2D eigenvalue weighted by Gasteiger charge is 2.39. The van der Waals surface area contributed by atoms with E-state index in [1.807, 2.05) is 54.6 Å². The van der Waals surface area contributed by atoms with E-state index in [0.717, 1.165) is 16.7 Å². The maximum absolute atomic E-state index is 13.5. The molecule has 3 N–H and O–H groups in total. The summed E-state index contributed by atoms with van der Waals surface area (Å²) in [4.78, 5) is 48.7. The number of β-lactam (4-membered cyclic amide) rings is 1. The van der Waals surface area contributed by atoms with Crippen molar-refractivity contribution in [2.24, 2.45) is 5.16 Å². The third kappa shape index (κ3) is 7.10. The summed E-state index contributed by atoms with van der Waals surface area (Å²) >= 11 is 1.28. The first kappa shape index (κ1) is 32.4. The van der Waals surface area contributed by atoms with Crippen molar-refractivity contribution in [2.45, 2.75) is 57.4 Å². The van der Waals surface area contributed by atoms with Crippen LogP contribution in [0, 0.1) is 0 Å². The number of carbonyl (C=O) groups excluding carboxylic acids is 3. The fourth-order valence-electron chi connectivity index (χ4n) is 4.81. The van der Waals surface area contributed by atoms with Gasteiger partial charge in [0.2, 0.25) is 11.5 Å². The standard InChI is InChI=1S/C35H37N5O5S/c1-33(2,3)44-31(43)34(4,5)45-40-28(30(42)37-26-21-36-29(26)41)27-22-46-32(38-27)39-35(23-15-9-6-10-16-23,24-17-11-7-12-18-24)25-19-13-8-14-20-25/h6-20,22,26H,21H2,1-5H3,(H,36,41)(H,37,42)(H,38,39)/b40-28+/t26-/m0/s1. The summed E-state index contributed by atoms with van der Waals surface area (Å²) in [7, 11) is 0. The molecule has 1 saturated heterocycles. The average Bonchev–Trinajstić information content (AvgIpc) is 3.50. The third-order valence-electron chi connectivity index (χ3n) is 7.23. The fourth-order valence-corrected chi connectivity index (χ4v) is 5.57. The van der Waals surface area contributed by atoms with Crippen LogP contribution in [0.2, 0.25) is 0 Å². The summed E-state index contributed by atoms with van der Waals surface area (Å²) in [6.07, 6.45) is 0. The molecule has 1 aliphatic rings. The first-order chi connectivity index (χ1) is 21.9. The van der Waals surface area contributed by atoms with Gasteiger partial charge in [0.15, 0.2) is 10.8 Å². The zero-order valence-electron chi connectivity index (χ0n) is 26.4. The SMILES string of the molecule is CC(C)(C)OC(=O)C(C)(C)O/N=C(/C(=O)N[C@H]1CNC1=O)c1csc(NC(c2ccccc2)(c2ccccc2)c2ccccc2)n1. The number of benzene rings is 3. The summed E-state index contributed by atoms with van der Waals surface area (Å²) < 4.78 is 5.48. The second-order valence-electron chi connectivity index (χ2n) is 12.3. The minimum atomic E-state index is -1.52. The van der Waals surface area contributed by atoms with Gasteiger partial charge in [-0.3, -0.25) is 9.59 Å². The number of aromatic nitrogens is 1. The molecule has 10 nitrogen and oxygen atoms in total. The molecule has 0 saturated carbocycles. The Balaban J connectivity index is 1.55. The Morgan fingerprint density at radius 2 is 1.39 bits per heavy atom. The Bertz CT molecular complexity index is 1620. The molecule has 5 rings (SSSR count). The number of anilines is 1. The lowest BCUT2D eigenvalue weighted by atomic mass is 9.77. The number of hydrogen-bond donors (Lipinski definition) is 3. The lowest BCUT2D eigenvalue weighted by Crippen LogP contribution is -2.62. The minimum Gasteiger partial charge on any atom is -0.457 e. The van der Waals surface area contributed by atoms with Crippen molar-refractivity contribution in [1.82, 2.24) is 15.6 Å². The van der Waals surface area contributed by atoms with Crippen LogP contribution in [0.4, 0.5) is 5.13 Å². The second kappa shape index (κ2) is 13.1. The van der Waals surface area contributed by atoms with Gasteiger partial charge in [-0.2, -0.15) is 0 Å². The molecule has 3 aromatic carbocycles. The minimum absolute atomic E-state index is 0.189. The number of nitrogens with one attached hydrogen (secondary N) is 3. The van der Waals surface area contributed by atoms with Crippen molar-refractivity contribution in [3.63, 3.8) is 0 Å². The van der Waals surface area contributed by atoms with Crippen LogP contribution < -0.4 is 16.0 Å². The Kier molecular flexibility index (Phi) is 9.24. The molecule has 4 aromatic rings. The Morgan fingerprint density at radius 1 is 0.870 bits per heavy atom. The highest BCUT2D eigenvalue weighted by molar-refractivity contribution is 7.14. The Morgan fingerprint density at radius 3 is 1.83 bits per heavy atom. The summed E-state index contributed by atoms with van der Waals surface area (Å²) in [5.74, 6) is -1.63. The number of nitrogens with zero attached hydrogens (tertiary/aromatic N) is 2. The monoisotopic (exact) mass is 639 g/mol. The predicted molar refractivity (Wildman–Crippen MR) is 177 cm³/mol. The van der Waals surface area contributed by atoms with Crippen LogP contribution in [0.3, 0.4) is 0 Å². The van der Waals surface area contributed by atoms with E-state index in [0.29, 0.717) is 11.7 Å². The normalized spacial score (nSPS) is 15.3. The number of ether oxygens (including phenoxy) is 1. The lowest BCUT2D eigenvalue weighted by Gasteiger charge is -2.36. The summed E-state index contributed by atoms with van der Waals surface area (Å²) in [5, 5.41) is 15.3. The van der Waals surface area contributed by atoms with Crippen molar-refractivity contribution < 1.29 is 24.0 Å². The van der Waals surface area contributed by atoms with E-state index in [2.05, 4.69) is 57.5 Å². The molecule has 1 aliphatic heterocycles. The van der Waals surface area contributed by atoms with Gasteiger partial charge in [-0.05, 0) is 51.3 Å². The van der Waals surface area contributed by atoms with Crippen molar-refractivity contribution in [3.8, 4) is 0 Å². The van der Waals surface area contributed by atoms with Crippen LogP contribution in [-0.2, 0) is 29.5 Å². The molecule has 0 unspecified atom stereocenters. The van der Waals surface area contributed by atoms with Crippen LogP contribution in [-0.4, -0.2) is 52.3 Å². The highest BCUT2D eigenvalue weighted by atomic mass is 32.1. The second-order valence-corrected chi connectivity index (χ2v) is 13.2. The van der Waals surface area contributed by atoms with Gasteiger partial charge in [-0.25, -0.2) is 9.78 Å². The van der Waals surface area contributed by atoms with Crippen molar-refractivity contribution >= 4 is 40.0 Å². The van der Waals surface area contributed by atoms with E-state index >= 15 is 0 Å². The van der Waals surface area contributed by atoms with E-state index in [9.17, 15) is 14.4 Å². The predicted octanol–water partition coefficient (Wildman–Crippen LogP) is 5.00. The number of hydrogen-bond acceptors (Lipinski definition) is 9. The van der Waals surface area contributed by atoms with Gasteiger partial charge < -0.3 is 25.5 Å². The fraction of sp³-hybridized carbons (Fsp3) is 0.286. The molecule has 2 amide bonds. The summed E-state index contributed by atoms with van der Waals surface area (Å²) in [6, 6.07) is 29.4. The first-order valence-electron chi connectivity index (χ1n) is 14.9. The maximum atomic E-state index is 13.5. The van der Waals surface area contributed by atoms with E-state index in [4.69, 9.17) is 14.6 Å². The third-order valence-corrected chi connectivity index (χ3v) is 7.99. The van der Waals surface area contributed by atoms with E-state index in [1.165, 1.54) is 25.2 Å². The van der Waals surface area contributed by atoms with Gasteiger partial charge in [0.05, 0.1) is 0 Å². The van der Waals surface area contributed by atoms with Gasteiger partial charge in [-0.1, -0.05) is 96.2 Å². The quantitative estimate of drug-likeness (QED) is 0.0692.